The van der Waals surface area contributed by atoms with Crippen molar-refractivity contribution in [3.05, 3.63) is 24.3 Å². The molecule has 0 aliphatic rings. The molecule has 0 bridgehead atoms. The fraction of sp³-hybridized carbons (Fsp3) is 0.533. The third-order valence-corrected chi connectivity index (χ3v) is 3.03. The minimum Gasteiger partial charge on any atom is -0.497 e. The zero-order valence-corrected chi connectivity index (χ0v) is 12.6. The first-order chi connectivity index (χ1) is 9.56. The molecule has 0 spiro atoms. The van der Waals surface area contributed by atoms with E-state index in [1.54, 1.807) is 20.3 Å². The van der Waals surface area contributed by atoms with Crippen molar-refractivity contribution in [2.75, 3.05) is 32.7 Å². The lowest BCUT2D eigenvalue weighted by Crippen LogP contribution is -2.42. The van der Waals surface area contributed by atoms with Crippen LogP contribution in [-0.4, -0.2) is 39.3 Å². The van der Waals surface area contributed by atoms with Crippen molar-refractivity contribution in [1.82, 2.24) is 5.32 Å². The molecule has 5 heteroatoms. The maximum Gasteiger partial charge on any atom is 0.238 e. The summed E-state index contributed by atoms with van der Waals surface area (Å²) in [6, 6.07) is 7.45. The zero-order valence-electron chi connectivity index (χ0n) is 12.6. The molecule has 112 valence electrons. The van der Waals surface area contributed by atoms with Gasteiger partial charge >= 0.3 is 0 Å². The molecular formula is C15H24N2O3. The molecule has 1 amide bonds. The first-order valence-electron chi connectivity index (χ1n) is 6.73. The number of rotatable bonds is 8. The number of ether oxygens (including phenoxy) is 2. The molecule has 20 heavy (non-hydrogen) atoms. The van der Waals surface area contributed by atoms with Gasteiger partial charge in [-0.15, -0.1) is 0 Å². The normalized spacial score (nSPS) is 12.2. The highest BCUT2D eigenvalue weighted by Crippen LogP contribution is 2.16. The fourth-order valence-corrected chi connectivity index (χ4v) is 1.80. The van der Waals surface area contributed by atoms with Crippen LogP contribution in [0.2, 0.25) is 0 Å². The van der Waals surface area contributed by atoms with Crippen molar-refractivity contribution in [3.63, 3.8) is 0 Å². The highest BCUT2D eigenvalue weighted by Gasteiger charge is 2.14. The molecule has 0 fully saturated rings. The van der Waals surface area contributed by atoms with E-state index in [4.69, 9.17) is 9.47 Å². The summed E-state index contributed by atoms with van der Waals surface area (Å²) in [4.78, 5) is 11.9. The van der Waals surface area contributed by atoms with Crippen molar-refractivity contribution in [2.24, 2.45) is 5.92 Å². The predicted octanol–water partition coefficient (Wildman–Crippen LogP) is 1.89. The molecule has 5 nitrogen and oxygen atoms in total. The molecule has 0 radical (unpaired) electrons. The van der Waals surface area contributed by atoms with Crippen LogP contribution in [0.4, 0.5) is 5.69 Å². The topological polar surface area (TPSA) is 59.6 Å². The number of carbonyl (C=O) groups is 1. The molecular weight excluding hydrogens is 256 g/mol. The molecule has 0 heterocycles. The van der Waals surface area contributed by atoms with Gasteiger partial charge in [0.05, 0.1) is 20.3 Å². The molecule has 0 saturated carbocycles. The highest BCUT2D eigenvalue weighted by atomic mass is 16.5. The van der Waals surface area contributed by atoms with Gasteiger partial charge in [-0.05, 0) is 18.1 Å². The molecule has 0 aromatic heterocycles. The Morgan fingerprint density at radius 2 is 2.05 bits per heavy atom. The number of anilines is 1. The Morgan fingerprint density at radius 3 is 2.65 bits per heavy atom. The summed E-state index contributed by atoms with van der Waals surface area (Å²) in [7, 11) is 3.26. The molecule has 2 N–H and O–H groups in total. The summed E-state index contributed by atoms with van der Waals surface area (Å²) >= 11 is 0. The van der Waals surface area contributed by atoms with Crippen LogP contribution < -0.4 is 15.4 Å². The van der Waals surface area contributed by atoms with E-state index in [9.17, 15) is 4.79 Å². The lowest BCUT2D eigenvalue weighted by atomic mass is 10.1. The van der Waals surface area contributed by atoms with Gasteiger partial charge in [-0.2, -0.15) is 0 Å². The van der Waals surface area contributed by atoms with Crippen LogP contribution in [0, 0.1) is 5.92 Å². The van der Waals surface area contributed by atoms with E-state index in [-0.39, 0.29) is 18.5 Å². The Bertz CT molecular complexity index is 421. The van der Waals surface area contributed by atoms with E-state index in [1.807, 2.05) is 18.2 Å². The fourth-order valence-electron chi connectivity index (χ4n) is 1.80. The number of amides is 1. The molecule has 1 rings (SSSR count). The van der Waals surface area contributed by atoms with Gasteiger partial charge in [0, 0.05) is 24.9 Å². The molecule has 1 atom stereocenters. The quantitative estimate of drug-likeness (QED) is 0.763. The zero-order chi connectivity index (χ0) is 15.0. The second kappa shape index (κ2) is 8.55. The van der Waals surface area contributed by atoms with Crippen LogP contribution in [-0.2, 0) is 9.53 Å². The lowest BCUT2D eigenvalue weighted by molar-refractivity contribution is -0.115. The second-order valence-corrected chi connectivity index (χ2v) is 4.97. The van der Waals surface area contributed by atoms with Gasteiger partial charge in [0.1, 0.15) is 5.75 Å². The molecule has 0 aliphatic heterocycles. The van der Waals surface area contributed by atoms with Gasteiger partial charge in [0.2, 0.25) is 5.91 Å². The third-order valence-electron chi connectivity index (χ3n) is 3.03. The van der Waals surface area contributed by atoms with E-state index in [0.717, 1.165) is 11.4 Å². The van der Waals surface area contributed by atoms with E-state index < -0.39 is 0 Å². The number of methoxy groups -OCH3 is 2. The first-order valence-corrected chi connectivity index (χ1v) is 6.73. The average Bonchev–Trinajstić information content (AvgIpc) is 2.43. The van der Waals surface area contributed by atoms with Crippen molar-refractivity contribution in [2.45, 2.75) is 19.9 Å². The summed E-state index contributed by atoms with van der Waals surface area (Å²) < 4.78 is 10.2. The van der Waals surface area contributed by atoms with Crippen molar-refractivity contribution in [3.8, 4) is 5.75 Å². The smallest absolute Gasteiger partial charge is 0.238 e. The van der Waals surface area contributed by atoms with E-state index in [2.05, 4.69) is 24.5 Å². The van der Waals surface area contributed by atoms with E-state index in [1.165, 1.54) is 0 Å². The molecule has 1 aromatic rings. The highest BCUT2D eigenvalue weighted by molar-refractivity contribution is 5.92. The summed E-state index contributed by atoms with van der Waals surface area (Å²) in [5.41, 5.74) is 0.726. The Kier molecular flexibility index (Phi) is 7.04. The standard InChI is InChI=1S/C15H24N2O3/c1-11(2)14(10-19-3)16-9-15(18)17-12-6-5-7-13(8-12)20-4/h5-8,11,14,16H,9-10H2,1-4H3,(H,17,18). The van der Waals surface area contributed by atoms with Crippen molar-refractivity contribution < 1.29 is 14.3 Å². The van der Waals surface area contributed by atoms with Crippen LogP contribution in [0.15, 0.2) is 24.3 Å². The van der Waals surface area contributed by atoms with Crippen molar-refractivity contribution >= 4 is 11.6 Å². The first kappa shape index (κ1) is 16.5. The van der Waals surface area contributed by atoms with E-state index in [0.29, 0.717) is 12.5 Å². The Morgan fingerprint density at radius 1 is 1.30 bits per heavy atom. The summed E-state index contributed by atoms with van der Waals surface area (Å²) in [5, 5.41) is 6.03. The van der Waals surface area contributed by atoms with Gasteiger partial charge in [-0.3, -0.25) is 4.79 Å². The number of carbonyl (C=O) groups excluding carboxylic acids is 1. The van der Waals surface area contributed by atoms with Gasteiger partial charge in [0.15, 0.2) is 0 Å². The maximum absolute atomic E-state index is 11.9. The average molecular weight is 280 g/mol. The number of hydrogen-bond acceptors (Lipinski definition) is 4. The summed E-state index contributed by atoms with van der Waals surface area (Å²) in [5.74, 6) is 1.04. The minimum atomic E-state index is -0.0833. The Balaban J connectivity index is 2.46. The second-order valence-electron chi connectivity index (χ2n) is 4.97. The van der Waals surface area contributed by atoms with Crippen LogP contribution in [0.3, 0.4) is 0 Å². The number of benzene rings is 1. The summed E-state index contributed by atoms with van der Waals surface area (Å²) in [6.07, 6.45) is 0. The monoisotopic (exact) mass is 280 g/mol. The Labute approximate surface area is 120 Å². The number of nitrogens with one attached hydrogen (secondary N) is 2. The lowest BCUT2D eigenvalue weighted by Gasteiger charge is -2.21. The van der Waals surface area contributed by atoms with Crippen LogP contribution in [0.25, 0.3) is 0 Å². The van der Waals surface area contributed by atoms with E-state index >= 15 is 0 Å². The van der Waals surface area contributed by atoms with Crippen LogP contribution in [0.1, 0.15) is 13.8 Å². The molecule has 0 aliphatic carbocycles. The van der Waals surface area contributed by atoms with Gasteiger partial charge < -0.3 is 20.1 Å². The third kappa shape index (κ3) is 5.59. The van der Waals surface area contributed by atoms with Crippen LogP contribution in [0.5, 0.6) is 5.75 Å². The number of hydrogen-bond donors (Lipinski definition) is 2. The SMILES string of the molecule is COCC(NCC(=O)Nc1cccc(OC)c1)C(C)C. The summed E-state index contributed by atoms with van der Waals surface area (Å²) in [6.45, 7) is 5.03. The molecule has 1 unspecified atom stereocenters. The predicted molar refractivity (Wildman–Crippen MR) is 80.1 cm³/mol. The molecule has 0 saturated heterocycles. The van der Waals surface area contributed by atoms with Gasteiger partial charge in [-0.25, -0.2) is 0 Å². The van der Waals surface area contributed by atoms with Crippen molar-refractivity contribution in [1.29, 1.82) is 0 Å². The Hall–Kier alpha value is -1.59. The maximum atomic E-state index is 11.9. The van der Waals surface area contributed by atoms with Gasteiger partial charge in [0.25, 0.3) is 0 Å². The van der Waals surface area contributed by atoms with Crippen LogP contribution >= 0.6 is 0 Å². The van der Waals surface area contributed by atoms with Gasteiger partial charge in [-0.1, -0.05) is 19.9 Å². The largest absolute Gasteiger partial charge is 0.497 e. The molecule has 1 aromatic carbocycles. The minimum absolute atomic E-state index is 0.0833.